The molecule has 3 nitrogen and oxygen atoms in total. The van der Waals surface area contributed by atoms with E-state index in [1.165, 1.54) is 18.2 Å². The zero-order valence-electron chi connectivity index (χ0n) is 7.92. The Labute approximate surface area is 98.4 Å². The predicted molar refractivity (Wildman–Crippen MR) is 59.5 cm³/mol. The summed E-state index contributed by atoms with van der Waals surface area (Å²) in [5, 5.41) is 7.18. The molecule has 0 amide bonds. The third-order valence-electron chi connectivity index (χ3n) is 1.99. The van der Waals surface area contributed by atoms with Gasteiger partial charge in [0.05, 0.1) is 15.7 Å². The molecular formula is C10H6BrF2N3. The average molecular weight is 286 g/mol. The number of benzene rings is 1. The molecule has 1 aromatic carbocycles. The van der Waals surface area contributed by atoms with Crippen LogP contribution >= 0.6 is 15.9 Å². The van der Waals surface area contributed by atoms with E-state index in [2.05, 4.69) is 26.1 Å². The van der Waals surface area contributed by atoms with Crippen molar-refractivity contribution in [2.45, 2.75) is 0 Å². The lowest BCUT2D eigenvalue weighted by molar-refractivity contribution is 0.584. The maximum Gasteiger partial charge on any atom is 0.149 e. The highest BCUT2D eigenvalue weighted by atomic mass is 79.9. The first-order valence-electron chi connectivity index (χ1n) is 4.32. The Bertz CT molecular complexity index is 528. The maximum absolute atomic E-state index is 13.7. The first kappa shape index (κ1) is 10.9. The molecule has 0 aliphatic heterocycles. The predicted octanol–water partition coefficient (Wildman–Crippen LogP) is 2.77. The van der Waals surface area contributed by atoms with Crippen molar-refractivity contribution in [3.63, 3.8) is 0 Å². The van der Waals surface area contributed by atoms with Crippen LogP contribution < -0.4 is 5.73 Å². The van der Waals surface area contributed by atoms with E-state index in [1.807, 2.05) is 0 Å². The number of hydrogen-bond acceptors (Lipinski definition) is 3. The second-order valence-corrected chi connectivity index (χ2v) is 3.92. The summed E-state index contributed by atoms with van der Waals surface area (Å²) in [7, 11) is 0. The summed E-state index contributed by atoms with van der Waals surface area (Å²) in [6.07, 6.45) is 0. The van der Waals surface area contributed by atoms with Gasteiger partial charge >= 0.3 is 0 Å². The SMILES string of the molecule is Nc1ccc(-c2c(F)ccc(Br)c2F)nn1. The second kappa shape index (κ2) is 4.13. The van der Waals surface area contributed by atoms with Crippen LogP contribution in [0.25, 0.3) is 11.3 Å². The second-order valence-electron chi connectivity index (χ2n) is 3.06. The molecule has 2 rings (SSSR count). The number of nitrogens with two attached hydrogens (primary N) is 1. The molecular weight excluding hydrogens is 280 g/mol. The molecule has 1 aromatic heterocycles. The average Bonchev–Trinajstić information content (AvgIpc) is 2.27. The summed E-state index contributed by atoms with van der Waals surface area (Å²) in [5.41, 5.74) is 5.22. The minimum atomic E-state index is -0.709. The number of hydrogen-bond donors (Lipinski definition) is 1. The van der Waals surface area contributed by atoms with E-state index in [1.54, 1.807) is 0 Å². The fourth-order valence-electron chi connectivity index (χ4n) is 1.24. The minimum absolute atomic E-state index is 0.102. The van der Waals surface area contributed by atoms with Gasteiger partial charge < -0.3 is 5.73 Å². The van der Waals surface area contributed by atoms with Crippen LogP contribution in [-0.4, -0.2) is 10.2 Å². The van der Waals surface area contributed by atoms with E-state index in [9.17, 15) is 8.78 Å². The Morgan fingerprint density at radius 1 is 1.06 bits per heavy atom. The van der Waals surface area contributed by atoms with Crippen molar-refractivity contribution in [3.8, 4) is 11.3 Å². The van der Waals surface area contributed by atoms with Gasteiger partial charge in [-0.05, 0) is 40.2 Å². The monoisotopic (exact) mass is 285 g/mol. The van der Waals surface area contributed by atoms with Crippen molar-refractivity contribution >= 4 is 21.7 Å². The van der Waals surface area contributed by atoms with Gasteiger partial charge in [0, 0.05) is 0 Å². The van der Waals surface area contributed by atoms with Crippen molar-refractivity contribution < 1.29 is 8.78 Å². The van der Waals surface area contributed by atoms with Crippen LogP contribution in [0.4, 0.5) is 14.6 Å². The van der Waals surface area contributed by atoms with Crippen molar-refractivity contribution in [3.05, 3.63) is 40.4 Å². The van der Waals surface area contributed by atoms with Gasteiger partial charge in [0.1, 0.15) is 17.5 Å². The minimum Gasteiger partial charge on any atom is -0.382 e. The maximum atomic E-state index is 13.7. The molecule has 6 heteroatoms. The highest BCUT2D eigenvalue weighted by Crippen LogP contribution is 2.29. The van der Waals surface area contributed by atoms with Gasteiger partial charge in [-0.15, -0.1) is 10.2 Å². The van der Waals surface area contributed by atoms with E-state index < -0.39 is 11.6 Å². The Kier molecular flexibility index (Phi) is 2.82. The molecule has 0 atom stereocenters. The molecule has 2 N–H and O–H groups in total. The van der Waals surface area contributed by atoms with E-state index in [0.29, 0.717) is 0 Å². The molecule has 0 bridgehead atoms. The fourth-order valence-corrected chi connectivity index (χ4v) is 1.57. The molecule has 0 aliphatic carbocycles. The molecule has 0 spiro atoms. The van der Waals surface area contributed by atoms with Crippen LogP contribution in [0.3, 0.4) is 0 Å². The van der Waals surface area contributed by atoms with E-state index in [-0.39, 0.29) is 21.5 Å². The summed E-state index contributed by atoms with van der Waals surface area (Å²) >= 11 is 2.98. The van der Waals surface area contributed by atoms with Gasteiger partial charge in [-0.1, -0.05) is 0 Å². The fraction of sp³-hybridized carbons (Fsp3) is 0. The zero-order valence-corrected chi connectivity index (χ0v) is 9.50. The van der Waals surface area contributed by atoms with Gasteiger partial charge in [-0.2, -0.15) is 0 Å². The van der Waals surface area contributed by atoms with Gasteiger partial charge in [-0.3, -0.25) is 0 Å². The van der Waals surface area contributed by atoms with Gasteiger partial charge in [-0.25, -0.2) is 8.78 Å². The normalized spacial score (nSPS) is 10.4. The molecule has 0 unspecified atom stereocenters. The molecule has 0 saturated heterocycles. The molecule has 0 fully saturated rings. The number of anilines is 1. The summed E-state index contributed by atoms with van der Waals surface area (Å²) < 4.78 is 27.3. The van der Waals surface area contributed by atoms with Gasteiger partial charge in [0.2, 0.25) is 0 Å². The molecule has 0 radical (unpaired) electrons. The molecule has 0 saturated carbocycles. The Morgan fingerprint density at radius 2 is 1.81 bits per heavy atom. The summed E-state index contributed by atoms with van der Waals surface area (Å²) in [5.74, 6) is -1.21. The number of halogens is 3. The number of nitrogen functional groups attached to an aromatic ring is 1. The van der Waals surface area contributed by atoms with Gasteiger partial charge in [0.15, 0.2) is 0 Å². The van der Waals surface area contributed by atoms with Crippen molar-refractivity contribution in [1.82, 2.24) is 10.2 Å². The third kappa shape index (κ3) is 1.88. The van der Waals surface area contributed by atoms with Gasteiger partial charge in [0.25, 0.3) is 0 Å². The van der Waals surface area contributed by atoms with Crippen LogP contribution in [0, 0.1) is 11.6 Å². The van der Waals surface area contributed by atoms with Crippen molar-refractivity contribution in [1.29, 1.82) is 0 Å². The molecule has 82 valence electrons. The van der Waals surface area contributed by atoms with E-state index in [0.717, 1.165) is 6.07 Å². The molecule has 16 heavy (non-hydrogen) atoms. The van der Waals surface area contributed by atoms with Crippen LogP contribution in [0.5, 0.6) is 0 Å². The van der Waals surface area contributed by atoms with Crippen LogP contribution in [0.1, 0.15) is 0 Å². The highest BCUT2D eigenvalue weighted by molar-refractivity contribution is 9.10. The first-order chi connectivity index (χ1) is 7.59. The van der Waals surface area contributed by atoms with Crippen LogP contribution in [-0.2, 0) is 0 Å². The largest absolute Gasteiger partial charge is 0.382 e. The zero-order chi connectivity index (χ0) is 11.7. The summed E-state index contributed by atoms with van der Waals surface area (Å²) in [6.45, 7) is 0. The third-order valence-corrected chi connectivity index (χ3v) is 2.60. The molecule has 2 aromatic rings. The Balaban J connectivity index is 2.63. The quantitative estimate of drug-likeness (QED) is 0.820. The smallest absolute Gasteiger partial charge is 0.149 e. The number of rotatable bonds is 1. The Morgan fingerprint density at radius 3 is 2.44 bits per heavy atom. The highest BCUT2D eigenvalue weighted by Gasteiger charge is 2.15. The molecule has 0 aliphatic rings. The van der Waals surface area contributed by atoms with E-state index >= 15 is 0 Å². The summed E-state index contributed by atoms with van der Waals surface area (Å²) in [6, 6.07) is 5.29. The standard InChI is InChI=1S/C10H6BrF2N3/c11-5-1-2-6(12)9(10(5)13)7-3-4-8(14)16-15-7/h1-4H,(H2,14,16). The van der Waals surface area contributed by atoms with Crippen molar-refractivity contribution in [2.24, 2.45) is 0 Å². The number of nitrogens with zero attached hydrogens (tertiary/aromatic N) is 2. The lowest BCUT2D eigenvalue weighted by Gasteiger charge is -2.05. The Hall–Kier alpha value is -1.56. The van der Waals surface area contributed by atoms with E-state index in [4.69, 9.17) is 5.73 Å². The summed E-state index contributed by atoms with van der Waals surface area (Å²) in [4.78, 5) is 0. The van der Waals surface area contributed by atoms with Crippen LogP contribution in [0.15, 0.2) is 28.7 Å². The topological polar surface area (TPSA) is 51.8 Å². The van der Waals surface area contributed by atoms with Crippen molar-refractivity contribution in [2.75, 3.05) is 5.73 Å². The lowest BCUT2D eigenvalue weighted by Crippen LogP contribution is -1.97. The first-order valence-corrected chi connectivity index (χ1v) is 5.12. The lowest BCUT2D eigenvalue weighted by atomic mass is 10.1. The molecule has 1 heterocycles. The van der Waals surface area contributed by atoms with Crippen LogP contribution in [0.2, 0.25) is 0 Å². The number of aromatic nitrogens is 2.